The summed E-state index contributed by atoms with van der Waals surface area (Å²) in [5.41, 5.74) is 0.636. The Labute approximate surface area is 195 Å². The van der Waals surface area contributed by atoms with Gasteiger partial charge in [-0.05, 0) is 54.6 Å². The number of nitrogens with zero attached hydrogens (tertiary/aromatic N) is 4. The van der Waals surface area contributed by atoms with Crippen molar-refractivity contribution in [2.45, 2.75) is 12.7 Å². The molecule has 0 aliphatic heterocycles. The summed E-state index contributed by atoms with van der Waals surface area (Å²) >= 11 is 0. The molecule has 0 atom stereocenters. The monoisotopic (exact) mass is 482 g/mol. The zero-order valence-corrected chi connectivity index (χ0v) is 17.8. The number of aromatic nitrogens is 4. The lowest BCUT2D eigenvalue weighted by atomic mass is 10.1. The van der Waals surface area contributed by atoms with E-state index < -0.39 is 23.4 Å². The second kappa shape index (κ2) is 8.79. The maximum atomic E-state index is 13.4. The van der Waals surface area contributed by atoms with E-state index in [0.29, 0.717) is 22.6 Å². The second-order valence-corrected chi connectivity index (χ2v) is 7.64. The lowest BCUT2D eigenvalue weighted by Crippen LogP contribution is -2.06. The number of hydrogen-bond donors (Lipinski definition) is 0. The van der Waals surface area contributed by atoms with Gasteiger partial charge in [-0.15, -0.1) is 5.10 Å². The molecule has 0 aliphatic rings. The summed E-state index contributed by atoms with van der Waals surface area (Å²) < 4.78 is 74.2. The fraction of sp³-hybridized carbons (Fsp3) is 0.0800. The highest BCUT2D eigenvalue weighted by Crippen LogP contribution is 2.36. The first-order valence-corrected chi connectivity index (χ1v) is 10.4. The number of halogens is 5. The van der Waals surface area contributed by atoms with Crippen molar-refractivity contribution in [2.24, 2.45) is 0 Å². The Bertz CT molecular complexity index is 1410. The summed E-state index contributed by atoms with van der Waals surface area (Å²) in [5, 5.41) is 7.80. The predicted octanol–water partition coefficient (Wildman–Crippen LogP) is 6.61. The van der Waals surface area contributed by atoms with Crippen molar-refractivity contribution in [2.75, 3.05) is 0 Å². The highest BCUT2D eigenvalue weighted by Gasteiger charge is 2.34. The number of oxazole rings is 1. The molecule has 0 bridgehead atoms. The van der Waals surface area contributed by atoms with Gasteiger partial charge in [0.1, 0.15) is 29.6 Å². The largest absolute Gasteiger partial charge is 0.438 e. The third kappa shape index (κ3) is 4.68. The molecule has 35 heavy (non-hydrogen) atoms. The molecule has 10 heteroatoms. The van der Waals surface area contributed by atoms with E-state index in [9.17, 15) is 22.0 Å². The second-order valence-electron chi connectivity index (χ2n) is 7.64. The standard InChI is InChI=1S/C25H15F5N4O/c26-17-9-5-15(6-10-17)23-24(16-7-11-18(27)12-8-16)35-22(31-23)14-34-13-21(32-33-34)19-3-1-2-4-20(19)25(28,29)30/h1-13H,14H2. The SMILES string of the molecule is Fc1ccc(-c2nc(Cn3cc(-c4ccccc4C(F)(F)F)nn3)oc2-c2ccc(F)cc2)cc1. The van der Waals surface area contributed by atoms with Crippen molar-refractivity contribution in [3.05, 3.63) is 102 Å². The normalized spacial score (nSPS) is 11.7. The van der Waals surface area contributed by atoms with Gasteiger partial charge in [-0.1, -0.05) is 23.4 Å². The van der Waals surface area contributed by atoms with E-state index in [4.69, 9.17) is 4.42 Å². The fourth-order valence-corrected chi connectivity index (χ4v) is 3.62. The molecule has 0 N–H and O–H groups in total. The fourth-order valence-electron chi connectivity index (χ4n) is 3.62. The first-order valence-electron chi connectivity index (χ1n) is 10.4. The molecule has 0 saturated heterocycles. The Hall–Kier alpha value is -4.34. The molecule has 176 valence electrons. The smallest absolute Gasteiger partial charge is 0.417 e. The van der Waals surface area contributed by atoms with Crippen molar-refractivity contribution in [1.82, 2.24) is 20.0 Å². The first-order chi connectivity index (χ1) is 16.8. The third-order valence-electron chi connectivity index (χ3n) is 5.24. The molecule has 2 aromatic heterocycles. The Kier molecular flexibility index (Phi) is 5.64. The highest BCUT2D eigenvalue weighted by atomic mass is 19.4. The zero-order valence-electron chi connectivity index (χ0n) is 17.8. The molecule has 0 aliphatic carbocycles. The van der Waals surface area contributed by atoms with Crippen LogP contribution < -0.4 is 0 Å². The van der Waals surface area contributed by atoms with E-state index in [1.807, 2.05) is 0 Å². The maximum Gasteiger partial charge on any atom is 0.417 e. The lowest BCUT2D eigenvalue weighted by Gasteiger charge is -2.10. The summed E-state index contributed by atoms with van der Waals surface area (Å²) in [4.78, 5) is 4.49. The van der Waals surface area contributed by atoms with Gasteiger partial charge in [0.15, 0.2) is 5.76 Å². The molecule has 0 spiro atoms. The molecule has 3 aromatic carbocycles. The topological polar surface area (TPSA) is 56.7 Å². The van der Waals surface area contributed by atoms with Crippen LogP contribution in [0.2, 0.25) is 0 Å². The molecule has 0 fully saturated rings. The number of benzene rings is 3. The van der Waals surface area contributed by atoms with Gasteiger partial charge < -0.3 is 4.42 Å². The van der Waals surface area contributed by atoms with Gasteiger partial charge in [0.25, 0.3) is 0 Å². The highest BCUT2D eigenvalue weighted by molar-refractivity contribution is 5.76. The van der Waals surface area contributed by atoms with Crippen LogP contribution in [0.1, 0.15) is 11.5 Å². The van der Waals surface area contributed by atoms with Crippen LogP contribution in [0.15, 0.2) is 83.4 Å². The van der Waals surface area contributed by atoms with Crippen LogP contribution in [0.25, 0.3) is 33.8 Å². The molecule has 5 rings (SSSR count). The van der Waals surface area contributed by atoms with E-state index in [1.54, 1.807) is 0 Å². The Morgan fingerprint density at radius 3 is 2.09 bits per heavy atom. The van der Waals surface area contributed by atoms with Crippen molar-refractivity contribution in [1.29, 1.82) is 0 Å². The Morgan fingerprint density at radius 2 is 1.43 bits per heavy atom. The van der Waals surface area contributed by atoms with Crippen molar-refractivity contribution >= 4 is 0 Å². The van der Waals surface area contributed by atoms with Crippen molar-refractivity contribution in [3.8, 4) is 33.8 Å². The minimum Gasteiger partial charge on any atom is -0.438 e. The number of hydrogen-bond acceptors (Lipinski definition) is 4. The quantitative estimate of drug-likeness (QED) is 0.265. The van der Waals surface area contributed by atoms with Gasteiger partial charge in [0, 0.05) is 16.7 Å². The van der Waals surface area contributed by atoms with Gasteiger partial charge in [0.05, 0.1) is 11.8 Å². The van der Waals surface area contributed by atoms with E-state index in [2.05, 4.69) is 15.3 Å². The number of rotatable bonds is 5. The average molecular weight is 482 g/mol. The molecule has 0 radical (unpaired) electrons. The molecule has 0 unspecified atom stereocenters. The Balaban J connectivity index is 1.50. The Morgan fingerprint density at radius 1 is 0.800 bits per heavy atom. The molecule has 0 saturated carbocycles. The summed E-state index contributed by atoms with van der Waals surface area (Å²) in [6.07, 6.45) is -3.18. The third-order valence-corrected chi connectivity index (χ3v) is 5.24. The van der Waals surface area contributed by atoms with Crippen LogP contribution in [0.3, 0.4) is 0 Å². The summed E-state index contributed by atoms with van der Waals surface area (Å²) in [6, 6.07) is 16.3. The van der Waals surface area contributed by atoms with Gasteiger partial charge >= 0.3 is 6.18 Å². The van der Waals surface area contributed by atoms with E-state index in [1.165, 1.54) is 77.6 Å². The summed E-state index contributed by atoms with van der Waals surface area (Å²) in [5.74, 6) is -0.334. The lowest BCUT2D eigenvalue weighted by molar-refractivity contribution is -0.137. The summed E-state index contributed by atoms with van der Waals surface area (Å²) in [7, 11) is 0. The zero-order chi connectivity index (χ0) is 24.6. The van der Waals surface area contributed by atoms with Crippen LogP contribution in [-0.2, 0) is 12.7 Å². The molecule has 2 heterocycles. The molecule has 5 nitrogen and oxygen atoms in total. The van der Waals surface area contributed by atoms with Crippen molar-refractivity contribution < 1.29 is 26.4 Å². The van der Waals surface area contributed by atoms with Crippen LogP contribution in [0, 0.1) is 11.6 Å². The van der Waals surface area contributed by atoms with E-state index >= 15 is 0 Å². The van der Waals surface area contributed by atoms with E-state index in [0.717, 1.165) is 6.07 Å². The van der Waals surface area contributed by atoms with Crippen LogP contribution in [-0.4, -0.2) is 20.0 Å². The molecular formula is C25H15F5N4O. The first kappa shape index (κ1) is 22.5. The number of alkyl halides is 3. The predicted molar refractivity (Wildman–Crippen MR) is 117 cm³/mol. The van der Waals surface area contributed by atoms with Gasteiger partial charge in [-0.25, -0.2) is 18.4 Å². The molecule has 0 amide bonds. The molecular weight excluding hydrogens is 467 g/mol. The van der Waals surface area contributed by atoms with Crippen LogP contribution in [0.4, 0.5) is 22.0 Å². The van der Waals surface area contributed by atoms with Crippen molar-refractivity contribution in [3.63, 3.8) is 0 Å². The molecule has 5 aromatic rings. The van der Waals surface area contributed by atoms with Crippen LogP contribution >= 0.6 is 0 Å². The van der Waals surface area contributed by atoms with Gasteiger partial charge in [0.2, 0.25) is 5.89 Å². The van der Waals surface area contributed by atoms with Gasteiger partial charge in [-0.3, -0.25) is 0 Å². The average Bonchev–Trinajstić information content (AvgIpc) is 3.47. The maximum absolute atomic E-state index is 13.4. The van der Waals surface area contributed by atoms with Gasteiger partial charge in [-0.2, -0.15) is 13.2 Å². The summed E-state index contributed by atoms with van der Waals surface area (Å²) in [6.45, 7) is -0.0312. The minimum atomic E-state index is -4.54. The van der Waals surface area contributed by atoms with Crippen LogP contribution in [0.5, 0.6) is 0 Å². The minimum absolute atomic E-state index is 0.0312. The van der Waals surface area contributed by atoms with E-state index in [-0.39, 0.29) is 23.7 Å².